The fraction of sp³-hybridized carbons (Fsp3) is 0.455. The van der Waals surface area contributed by atoms with Crippen molar-refractivity contribution in [2.75, 3.05) is 0 Å². The highest BCUT2D eigenvalue weighted by atomic mass is 19.1. The molecule has 1 fully saturated rings. The number of halogens is 2. The van der Waals surface area contributed by atoms with E-state index < -0.39 is 17.7 Å². The van der Waals surface area contributed by atoms with E-state index in [9.17, 15) is 8.78 Å². The first-order valence-corrected chi connectivity index (χ1v) is 4.88. The third-order valence-electron chi connectivity index (χ3n) is 2.65. The van der Waals surface area contributed by atoms with Gasteiger partial charge in [-0.25, -0.2) is 8.78 Å². The highest BCUT2D eigenvalue weighted by Gasteiger charge is 2.26. The Bertz CT molecular complexity index is 314. The molecule has 1 saturated carbocycles. The van der Waals surface area contributed by atoms with Crippen molar-refractivity contribution in [2.45, 2.75) is 25.3 Å². The van der Waals surface area contributed by atoms with E-state index in [0.717, 1.165) is 12.8 Å². The Morgan fingerprint density at radius 1 is 1.29 bits per heavy atom. The minimum absolute atomic E-state index is 0.0411. The summed E-state index contributed by atoms with van der Waals surface area (Å²) in [6.45, 7) is 0. The molecule has 1 unspecified atom stereocenters. The van der Waals surface area contributed by atoms with Gasteiger partial charge in [-0.05, 0) is 24.5 Å². The molecule has 2 rings (SSSR count). The van der Waals surface area contributed by atoms with Gasteiger partial charge < -0.3 is 5.73 Å². The Labute approximate surface area is 81.9 Å². The van der Waals surface area contributed by atoms with Gasteiger partial charge in [0.2, 0.25) is 0 Å². The van der Waals surface area contributed by atoms with E-state index in [1.807, 2.05) is 0 Å². The first kappa shape index (κ1) is 9.59. The van der Waals surface area contributed by atoms with Gasteiger partial charge in [0.1, 0.15) is 11.6 Å². The van der Waals surface area contributed by atoms with Crippen LogP contribution in [-0.4, -0.2) is 0 Å². The summed E-state index contributed by atoms with van der Waals surface area (Å²) in [5.41, 5.74) is 5.80. The third-order valence-corrected chi connectivity index (χ3v) is 2.65. The topological polar surface area (TPSA) is 26.0 Å². The zero-order valence-corrected chi connectivity index (χ0v) is 7.84. The molecule has 1 aromatic rings. The Hall–Kier alpha value is -0.960. The Balaban J connectivity index is 2.19. The molecular formula is C11H13F2N. The summed E-state index contributed by atoms with van der Waals surface area (Å²) in [6.07, 6.45) is 2.98. The second-order valence-corrected chi connectivity index (χ2v) is 3.92. The SMILES string of the molecule is NC(CC1CC1)c1c(F)cccc1F. The molecule has 0 heterocycles. The maximum absolute atomic E-state index is 13.3. The van der Waals surface area contributed by atoms with Crippen LogP contribution in [0.3, 0.4) is 0 Å². The van der Waals surface area contributed by atoms with Crippen LogP contribution in [0.4, 0.5) is 8.78 Å². The van der Waals surface area contributed by atoms with Crippen molar-refractivity contribution in [3.8, 4) is 0 Å². The van der Waals surface area contributed by atoms with E-state index in [1.165, 1.54) is 18.2 Å². The van der Waals surface area contributed by atoms with Crippen molar-refractivity contribution < 1.29 is 8.78 Å². The van der Waals surface area contributed by atoms with Crippen LogP contribution in [-0.2, 0) is 0 Å². The highest BCUT2D eigenvalue weighted by Crippen LogP contribution is 2.37. The van der Waals surface area contributed by atoms with Gasteiger partial charge in [0, 0.05) is 11.6 Å². The van der Waals surface area contributed by atoms with Crippen molar-refractivity contribution >= 4 is 0 Å². The predicted molar refractivity (Wildman–Crippen MR) is 50.6 cm³/mol. The highest BCUT2D eigenvalue weighted by molar-refractivity contribution is 5.23. The van der Waals surface area contributed by atoms with Gasteiger partial charge in [0.25, 0.3) is 0 Å². The van der Waals surface area contributed by atoms with E-state index >= 15 is 0 Å². The summed E-state index contributed by atoms with van der Waals surface area (Å²) >= 11 is 0. The number of rotatable bonds is 3. The quantitative estimate of drug-likeness (QED) is 0.792. The number of benzene rings is 1. The van der Waals surface area contributed by atoms with Gasteiger partial charge in [0.05, 0.1) is 0 Å². The second-order valence-electron chi connectivity index (χ2n) is 3.92. The van der Waals surface area contributed by atoms with Gasteiger partial charge in [0.15, 0.2) is 0 Å². The molecule has 0 aromatic heterocycles. The van der Waals surface area contributed by atoms with Crippen molar-refractivity contribution in [1.29, 1.82) is 0 Å². The smallest absolute Gasteiger partial charge is 0.130 e. The summed E-state index contributed by atoms with van der Waals surface area (Å²) in [5, 5.41) is 0. The fourth-order valence-corrected chi connectivity index (χ4v) is 1.70. The molecule has 14 heavy (non-hydrogen) atoms. The largest absolute Gasteiger partial charge is 0.324 e. The molecule has 0 spiro atoms. The first-order chi connectivity index (χ1) is 6.68. The Kier molecular flexibility index (Phi) is 2.50. The van der Waals surface area contributed by atoms with Gasteiger partial charge in [-0.1, -0.05) is 18.9 Å². The molecule has 76 valence electrons. The monoisotopic (exact) mass is 197 g/mol. The van der Waals surface area contributed by atoms with E-state index in [-0.39, 0.29) is 5.56 Å². The molecule has 1 nitrogen and oxygen atoms in total. The summed E-state index contributed by atoms with van der Waals surface area (Å²) < 4.78 is 26.5. The summed E-state index contributed by atoms with van der Waals surface area (Å²) in [5.74, 6) is -0.486. The van der Waals surface area contributed by atoms with E-state index in [4.69, 9.17) is 5.73 Å². The molecule has 0 bridgehead atoms. The summed E-state index contributed by atoms with van der Waals surface area (Å²) in [4.78, 5) is 0. The van der Waals surface area contributed by atoms with Crippen LogP contribution >= 0.6 is 0 Å². The van der Waals surface area contributed by atoms with Crippen molar-refractivity contribution in [3.05, 3.63) is 35.4 Å². The second kappa shape index (κ2) is 3.65. The molecule has 1 atom stereocenters. The van der Waals surface area contributed by atoms with Gasteiger partial charge >= 0.3 is 0 Å². The van der Waals surface area contributed by atoms with Crippen LogP contribution in [0.1, 0.15) is 30.9 Å². The van der Waals surface area contributed by atoms with Crippen molar-refractivity contribution in [2.24, 2.45) is 11.7 Å². The van der Waals surface area contributed by atoms with Crippen LogP contribution in [0.25, 0.3) is 0 Å². The van der Waals surface area contributed by atoms with Gasteiger partial charge in [-0.2, -0.15) is 0 Å². The zero-order chi connectivity index (χ0) is 10.1. The molecule has 1 aliphatic carbocycles. The first-order valence-electron chi connectivity index (χ1n) is 4.88. The molecule has 0 amide bonds. The fourth-order valence-electron chi connectivity index (χ4n) is 1.70. The van der Waals surface area contributed by atoms with E-state index in [1.54, 1.807) is 0 Å². The number of nitrogens with two attached hydrogens (primary N) is 1. The summed E-state index contributed by atoms with van der Waals surface area (Å²) in [6, 6.07) is 3.37. The molecule has 3 heteroatoms. The molecular weight excluding hydrogens is 184 g/mol. The normalized spacial score (nSPS) is 18.2. The third kappa shape index (κ3) is 1.93. The molecule has 0 aliphatic heterocycles. The van der Waals surface area contributed by atoms with Crippen LogP contribution in [0.2, 0.25) is 0 Å². The molecule has 2 N–H and O–H groups in total. The van der Waals surface area contributed by atoms with Gasteiger partial charge in [-0.15, -0.1) is 0 Å². The van der Waals surface area contributed by atoms with E-state index in [0.29, 0.717) is 12.3 Å². The number of hydrogen-bond acceptors (Lipinski definition) is 1. The maximum Gasteiger partial charge on any atom is 0.130 e. The van der Waals surface area contributed by atoms with Gasteiger partial charge in [-0.3, -0.25) is 0 Å². The lowest BCUT2D eigenvalue weighted by molar-refractivity contribution is 0.498. The predicted octanol–water partition coefficient (Wildman–Crippen LogP) is 2.76. The van der Waals surface area contributed by atoms with Crippen LogP contribution < -0.4 is 5.73 Å². The average molecular weight is 197 g/mol. The van der Waals surface area contributed by atoms with E-state index in [2.05, 4.69) is 0 Å². The molecule has 1 aromatic carbocycles. The zero-order valence-electron chi connectivity index (χ0n) is 7.84. The molecule has 0 radical (unpaired) electrons. The molecule has 0 saturated heterocycles. The van der Waals surface area contributed by atoms with Crippen LogP contribution in [0.15, 0.2) is 18.2 Å². The minimum atomic E-state index is -0.529. The van der Waals surface area contributed by atoms with Crippen LogP contribution in [0, 0.1) is 17.6 Å². The Morgan fingerprint density at radius 3 is 2.36 bits per heavy atom. The maximum atomic E-state index is 13.3. The Morgan fingerprint density at radius 2 is 1.86 bits per heavy atom. The van der Waals surface area contributed by atoms with Crippen LogP contribution in [0.5, 0.6) is 0 Å². The standard InChI is InChI=1S/C11H13F2N/c12-8-2-1-3-9(13)11(8)10(14)6-7-4-5-7/h1-3,7,10H,4-6,14H2. The average Bonchev–Trinajstić information content (AvgIpc) is 2.87. The lowest BCUT2D eigenvalue weighted by Gasteiger charge is -2.12. The number of hydrogen-bond donors (Lipinski definition) is 1. The minimum Gasteiger partial charge on any atom is -0.324 e. The molecule has 1 aliphatic rings. The van der Waals surface area contributed by atoms with Crippen molar-refractivity contribution in [3.63, 3.8) is 0 Å². The summed E-state index contributed by atoms with van der Waals surface area (Å²) in [7, 11) is 0. The van der Waals surface area contributed by atoms with Crippen molar-refractivity contribution in [1.82, 2.24) is 0 Å². The lowest BCUT2D eigenvalue weighted by atomic mass is 10.0. The lowest BCUT2D eigenvalue weighted by Crippen LogP contribution is -2.14.